The summed E-state index contributed by atoms with van der Waals surface area (Å²) in [5.41, 5.74) is 2.02. The van der Waals surface area contributed by atoms with Crippen LogP contribution in [0.4, 0.5) is 0 Å². The fourth-order valence-corrected chi connectivity index (χ4v) is 2.07. The second-order valence-corrected chi connectivity index (χ2v) is 4.23. The molecule has 1 aliphatic heterocycles. The topological polar surface area (TPSA) is 25.4 Å². The zero-order valence-electron chi connectivity index (χ0n) is 9.13. The summed E-state index contributed by atoms with van der Waals surface area (Å²) >= 11 is 0. The van der Waals surface area contributed by atoms with Crippen LogP contribution in [0.1, 0.15) is 24.3 Å². The highest BCUT2D eigenvalue weighted by atomic mass is 16.6. The molecule has 2 aromatic rings. The molecule has 16 heavy (non-hydrogen) atoms. The predicted molar refractivity (Wildman–Crippen MR) is 61.9 cm³/mol. The molecule has 1 aromatic heterocycles. The largest absolute Gasteiger partial charge is 0.354 e. The Morgan fingerprint density at radius 2 is 1.81 bits per heavy atom. The van der Waals surface area contributed by atoms with Gasteiger partial charge in [-0.05, 0) is 24.6 Å². The van der Waals surface area contributed by atoms with Crippen LogP contribution in [-0.4, -0.2) is 4.98 Å². The Balaban J connectivity index is 1.90. The zero-order chi connectivity index (χ0) is 11.0. The number of ether oxygens (including phenoxy) is 1. The van der Waals surface area contributed by atoms with Gasteiger partial charge in [0.05, 0.1) is 5.69 Å². The summed E-state index contributed by atoms with van der Waals surface area (Å²) in [4.78, 5) is 4.34. The molecular weight excluding hydrogens is 198 g/mol. The number of epoxide rings is 1. The Labute approximate surface area is 94.9 Å². The molecule has 0 spiro atoms. The van der Waals surface area contributed by atoms with Gasteiger partial charge in [-0.2, -0.15) is 0 Å². The summed E-state index contributed by atoms with van der Waals surface area (Å²) in [6.45, 7) is 2.11. The molecule has 2 heterocycles. The zero-order valence-corrected chi connectivity index (χ0v) is 9.13. The molecule has 2 atom stereocenters. The van der Waals surface area contributed by atoms with Gasteiger partial charge in [-0.1, -0.05) is 36.4 Å². The molecule has 0 saturated carbocycles. The van der Waals surface area contributed by atoms with Crippen LogP contribution < -0.4 is 0 Å². The molecule has 1 saturated heterocycles. The first-order valence-corrected chi connectivity index (χ1v) is 5.45. The Bertz CT molecular complexity index is 483. The van der Waals surface area contributed by atoms with Crippen molar-refractivity contribution in [1.82, 2.24) is 4.98 Å². The number of aromatic nitrogens is 1. The summed E-state index contributed by atoms with van der Waals surface area (Å²) in [7, 11) is 0. The summed E-state index contributed by atoms with van der Waals surface area (Å²) < 4.78 is 5.81. The highest BCUT2D eigenvalue weighted by Gasteiger charge is 2.55. The van der Waals surface area contributed by atoms with Crippen LogP contribution >= 0.6 is 0 Å². The van der Waals surface area contributed by atoms with E-state index < -0.39 is 0 Å². The van der Waals surface area contributed by atoms with E-state index in [0.717, 1.165) is 5.69 Å². The van der Waals surface area contributed by atoms with Gasteiger partial charge in [0.1, 0.15) is 11.7 Å². The second-order valence-electron chi connectivity index (χ2n) is 4.23. The van der Waals surface area contributed by atoms with Gasteiger partial charge in [-0.25, -0.2) is 0 Å². The average Bonchev–Trinajstić information content (AvgIpc) is 3.06. The van der Waals surface area contributed by atoms with Gasteiger partial charge in [0.2, 0.25) is 0 Å². The minimum Gasteiger partial charge on any atom is -0.354 e. The minimum atomic E-state index is -0.199. The third-order valence-corrected chi connectivity index (χ3v) is 3.11. The highest BCUT2D eigenvalue weighted by Crippen LogP contribution is 2.55. The fourth-order valence-electron chi connectivity index (χ4n) is 2.07. The Morgan fingerprint density at radius 1 is 1.06 bits per heavy atom. The monoisotopic (exact) mass is 211 g/mol. The van der Waals surface area contributed by atoms with Gasteiger partial charge in [0, 0.05) is 6.20 Å². The SMILES string of the molecule is C[C@@]1(c2ccccc2)O[C@H]1c1ccccn1. The van der Waals surface area contributed by atoms with Crippen LogP contribution in [0.15, 0.2) is 54.7 Å². The first-order chi connectivity index (χ1) is 7.81. The first-order valence-electron chi connectivity index (χ1n) is 5.45. The lowest BCUT2D eigenvalue weighted by Crippen LogP contribution is -2.04. The van der Waals surface area contributed by atoms with Crippen molar-refractivity contribution in [1.29, 1.82) is 0 Å². The highest BCUT2D eigenvalue weighted by molar-refractivity contribution is 5.31. The molecular formula is C14H13NO. The van der Waals surface area contributed by atoms with Crippen molar-refractivity contribution in [3.63, 3.8) is 0 Å². The molecule has 1 aliphatic rings. The van der Waals surface area contributed by atoms with Crippen molar-refractivity contribution in [2.24, 2.45) is 0 Å². The van der Waals surface area contributed by atoms with Gasteiger partial charge in [0.25, 0.3) is 0 Å². The molecule has 2 heteroatoms. The molecule has 0 unspecified atom stereocenters. The predicted octanol–water partition coefficient (Wildman–Crippen LogP) is 3.07. The Morgan fingerprint density at radius 3 is 2.50 bits per heavy atom. The Hall–Kier alpha value is -1.67. The van der Waals surface area contributed by atoms with E-state index in [-0.39, 0.29) is 11.7 Å². The lowest BCUT2D eigenvalue weighted by atomic mass is 9.96. The lowest BCUT2D eigenvalue weighted by Gasteiger charge is -2.05. The normalized spacial score (nSPS) is 27.7. The quantitative estimate of drug-likeness (QED) is 0.713. The first kappa shape index (κ1) is 9.55. The molecule has 0 aliphatic carbocycles. The molecule has 1 fully saturated rings. The maximum atomic E-state index is 5.81. The van der Waals surface area contributed by atoms with Crippen molar-refractivity contribution in [3.05, 3.63) is 66.0 Å². The van der Waals surface area contributed by atoms with Gasteiger partial charge in [-0.15, -0.1) is 0 Å². The van der Waals surface area contributed by atoms with E-state index in [1.54, 1.807) is 0 Å². The van der Waals surface area contributed by atoms with Crippen LogP contribution in [0.3, 0.4) is 0 Å². The van der Waals surface area contributed by atoms with E-state index in [4.69, 9.17) is 4.74 Å². The summed E-state index contributed by atoms with van der Waals surface area (Å²) in [5.74, 6) is 0. The second kappa shape index (κ2) is 3.42. The van der Waals surface area contributed by atoms with Gasteiger partial charge >= 0.3 is 0 Å². The van der Waals surface area contributed by atoms with Crippen LogP contribution in [-0.2, 0) is 10.3 Å². The number of benzene rings is 1. The van der Waals surface area contributed by atoms with Crippen LogP contribution in [0.5, 0.6) is 0 Å². The number of pyridine rings is 1. The summed E-state index contributed by atoms with van der Waals surface area (Å²) in [6, 6.07) is 16.2. The van der Waals surface area contributed by atoms with Crippen molar-refractivity contribution in [2.45, 2.75) is 18.6 Å². The number of hydrogen-bond donors (Lipinski definition) is 0. The molecule has 0 N–H and O–H groups in total. The molecule has 2 nitrogen and oxygen atoms in total. The van der Waals surface area contributed by atoms with Crippen molar-refractivity contribution >= 4 is 0 Å². The number of nitrogens with zero attached hydrogens (tertiary/aromatic N) is 1. The maximum Gasteiger partial charge on any atom is 0.134 e. The van der Waals surface area contributed by atoms with Gasteiger partial charge in [0.15, 0.2) is 0 Å². The van der Waals surface area contributed by atoms with Crippen molar-refractivity contribution in [3.8, 4) is 0 Å². The van der Waals surface area contributed by atoms with E-state index in [1.807, 2.05) is 42.6 Å². The average molecular weight is 211 g/mol. The fraction of sp³-hybridized carbons (Fsp3) is 0.214. The molecule has 80 valence electrons. The lowest BCUT2D eigenvalue weighted by molar-refractivity contribution is 0.312. The van der Waals surface area contributed by atoms with E-state index in [2.05, 4.69) is 24.0 Å². The van der Waals surface area contributed by atoms with Crippen LogP contribution in [0, 0.1) is 0 Å². The van der Waals surface area contributed by atoms with Gasteiger partial charge < -0.3 is 4.74 Å². The van der Waals surface area contributed by atoms with E-state index in [1.165, 1.54) is 5.56 Å². The third-order valence-electron chi connectivity index (χ3n) is 3.11. The molecule has 0 bridgehead atoms. The van der Waals surface area contributed by atoms with Crippen LogP contribution in [0.2, 0.25) is 0 Å². The molecule has 1 aromatic carbocycles. The van der Waals surface area contributed by atoms with E-state index in [9.17, 15) is 0 Å². The summed E-state index contributed by atoms with van der Waals surface area (Å²) in [5, 5.41) is 0. The number of hydrogen-bond acceptors (Lipinski definition) is 2. The summed E-state index contributed by atoms with van der Waals surface area (Å²) in [6.07, 6.45) is 1.90. The molecule has 0 radical (unpaired) electrons. The molecule has 3 rings (SSSR count). The smallest absolute Gasteiger partial charge is 0.134 e. The molecule has 0 amide bonds. The Kier molecular flexibility index (Phi) is 2.04. The van der Waals surface area contributed by atoms with Crippen molar-refractivity contribution in [2.75, 3.05) is 0 Å². The van der Waals surface area contributed by atoms with Crippen LogP contribution in [0.25, 0.3) is 0 Å². The van der Waals surface area contributed by atoms with Gasteiger partial charge in [-0.3, -0.25) is 4.98 Å². The minimum absolute atomic E-state index is 0.0936. The third kappa shape index (κ3) is 1.42. The standard InChI is InChI=1S/C14H13NO/c1-14(11-7-3-2-4-8-11)13(16-14)12-9-5-6-10-15-12/h2-10,13H,1H3/t13-,14-/m0/s1. The van der Waals surface area contributed by atoms with E-state index in [0.29, 0.717) is 0 Å². The van der Waals surface area contributed by atoms with E-state index >= 15 is 0 Å². The maximum absolute atomic E-state index is 5.81. The number of rotatable bonds is 2. The van der Waals surface area contributed by atoms with Crippen molar-refractivity contribution < 1.29 is 4.74 Å².